The first-order valence-corrected chi connectivity index (χ1v) is 6.01. The first-order chi connectivity index (χ1) is 5.29. The average molecular weight is 195 g/mol. The number of primary sulfonamides is 1. The zero-order chi connectivity index (χ0) is 10.2. The topological polar surface area (TPSA) is 60.2 Å². The maximum absolute atomic E-state index is 10.2. The fraction of sp³-hybridized carbons (Fsp3) is 1.00. The second kappa shape index (κ2) is 7.55. The summed E-state index contributed by atoms with van der Waals surface area (Å²) in [7, 11) is -3.19. The predicted octanol–water partition coefficient (Wildman–Crippen LogP) is 1.74. The van der Waals surface area contributed by atoms with Gasteiger partial charge in [0.2, 0.25) is 10.0 Å². The van der Waals surface area contributed by atoms with Crippen LogP contribution >= 0.6 is 0 Å². The highest BCUT2D eigenvalue weighted by atomic mass is 32.2. The zero-order valence-corrected chi connectivity index (χ0v) is 9.32. The molecule has 0 unspecified atom stereocenters. The van der Waals surface area contributed by atoms with Crippen molar-refractivity contribution in [1.82, 2.24) is 0 Å². The Labute approximate surface area is 76.4 Å². The second-order valence-corrected chi connectivity index (χ2v) is 5.19. The molecule has 0 fully saturated rings. The van der Waals surface area contributed by atoms with E-state index >= 15 is 0 Å². The van der Waals surface area contributed by atoms with Crippen LogP contribution in [-0.4, -0.2) is 14.2 Å². The fourth-order valence-corrected chi connectivity index (χ4v) is 1.04. The van der Waals surface area contributed by atoms with E-state index in [0.717, 1.165) is 12.3 Å². The van der Waals surface area contributed by atoms with Crippen molar-refractivity contribution in [2.24, 2.45) is 11.1 Å². The maximum atomic E-state index is 10.2. The van der Waals surface area contributed by atoms with Gasteiger partial charge in [-0.15, -0.1) is 0 Å². The Bertz CT molecular complexity index is 171. The van der Waals surface area contributed by atoms with Crippen molar-refractivity contribution < 1.29 is 8.42 Å². The van der Waals surface area contributed by atoms with E-state index in [-0.39, 0.29) is 5.75 Å². The van der Waals surface area contributed by atoms with Gasteiger partial charge in [0, 0.05) is 0 Å². The molecule has 0 aromatic rings. The predicted molar refractivity (Wildman–Crippen MR) is 53.4 cm³/mol. The average Bonchev–Trinajstić information content (AvgIpc) is 1.80. The fourth-order valence-electron chi connectivity index (χ4n) is 0.346. The van der Waals surface area contributed by atoms with E-state index in [1.165, 1.54) is 0 Å². The summed E-state index contributed by atoms with van der Waals surface area (Å²) in [6, 6.07) is 0. The summed E-state index contributed by atoms with van der Waals surface area (Å²) in [4.78, 5) is 0. The monoisotopic (exact) mass is 195 g/mol. The van der Waals surface area contributed by atoms with Crippen LogP contribution in [-0.2, 0) is 10.0 Å². The van der Waals surface area contributed by atoms with Gasteiger partial charge >= 0.3 is 0 Å². The number of sulfonamides is 1. The first kappa shape index (κ1) is 14.4. The molecule has 0 aliphatic carbocycles. The van der Waals surface area contributed by atoms with Gasteiger partial charge in [0.25, 0.3) is 0 Å². The summed E-state index contributed by atoms with van der Waals surface area (Å²) in [5.74, 6) is 0.948. The van der Waals surface area contributed by atoms with Crippen molar-refractivity contribution in [2.75, 3.05) is 5.75 Å². The first-order valence-electron chi connectivity index (χ1n) is 4.30. The Morgan fingerprint density at radius 1 is 1.25 bits per heavy atom. The highest BCUT2D eigenvalue weighted by molar-refractivity contribution is 7.89. The highest BCUT2D eigenvalue weighted by Crippen LogP contribution is 1.88. The molecule has 2 N–H and O–H groups in total. The quantitative estimate of drug-likeness (QED) is 0.745. The largest absolute Gasteiger partial charge is 0.229 e. The van der Waals surface area contributed by atoms with Crippen molar-refractivity contribution in [2.45, 2.75) is 40.5 Å². The van der Waals surface area contributed by atoms with E-state index in [2.05, 4.69) is 20.8 Å². The van der Waals surface area contributed by atoms with Gasteiger partial charge < -0.3 is 0 Å². The van der Waals surface area contributed by atoms with Crippen molar-refractivity contribution in [3.05, 3.63) is 0 Å². The Balaban J connectivity index is 0. The third-order valence-corrected chi connectivity index (χ3v) is 1.64. The molecule has 0 saturated carbocycles. The molecule has 0 atom stereocenters. The van der Waals surface area contributed by atoms with Crippen LogP contribution in [0.25, 0.3) is 0 Å². The molecule has 0 aliphatic heterocycles. The highest BCUT2D eigenvalue weighted by Gasteiger charge is 1.98. The van der Waals surface area contributed by atoms with E-state index < -0.39 is 10.0 Å². The molecule has 3 nitrogen and oxygen atoms in total. The van der Waals surface area contributed by atoms with Gasteiger partial charge in [0.05, 0.1) is 5.75 Å². The minimum absolute atomic E-state index is 0.115. The summed E-state index contributed by atoms with van der Waals surface area (Å²) in [5.41, 5.74) is 0. The van der Waals surface area contributed by atoms with Crippen LogP contribution in [0.4, 0.5) is 0 Å². The standard InChI is InChI=1S/C4H11NO2S.C4H10/c1-2-3-4-8(5,6)7;1-4(2)3/h2-4H2,1H3,(H2,5,6,7);4H,1-3H3. The zero-order valence-electron chi connectivity index (χ0n) is 8.50. The van der Waals surface area contributed by atoms with E-state index in [0.29, 0.717) is 6.42 Å². The molecule has 0 radical (unpaired) electrons. The van der Waals surface area contributed by atoms with Gasteiger partial charge in [0.1, 0.15) is 0 Å². The normalized spacial score (nSPS) is 10.8. The lowest BCUT2D eigenvalue weighted by atomic mass is 10.3. The molecule has 0 bridgehead atoms. The third kappa shape index (κ3) is 32.6. The number of hydrogen-bond donors (Lipinski definition) is 1. The van der Waals surface area contributed by atoms with E-state index in [4.69, 9.17) is 5.14 Å². The van der Waals surface area contributed by atoms with Gasteiger partial charge in [-0.2, -0.15) is 0 Å². The molecule has 0 aliphatic rings. The molecule has 0 amide bonds. The van der Waals surface area contributed by atoms with Crippen molar-refractivity contribution >= 4 is 10.0 Å². The molecule has 0 aromatic heterocycles. The molecular weight excluding hydrogens is 174 g/mol. The minimum Gasteiger partial charge on any atom is -0.229 e. The molecule has 4 heteroatoms. The van der Waals surface area contributed by atoms with Crippen LogP contribution in [0.1, 0.15) is 40.5 Å². The van der Waals surface area contributed by atoms with Gasteiger partial charge in [-0.05, 0) is 12.3 Å². The van der Waals surface area contributed by atoms with Crippen molar-refractivity contribution in [1.29, 1.82) is 0 Å². The molecule has 0 saturated heterocycles. The molecule has 12 heavy (non-hydrogen) atoms. The van der Waals surface area contributed by atoms with Crippen LogP contribution in [0, 0.1) is 5.92 Å². The summed E-state index contributed by atoms with van der Waals surface area (Å²) in [5, 5.41) is 4.69. The summed E-state index contributed by atoms with van der Waals surface area (Å²) >= 11 is 0. The molecule has 0 spiro atoms. The van der Waals surface area contributed by atoms with E-state index in [1.54, 1.807) is 0 Å². The third-order valence-electron chi connectivity index (χ3n) is 0.782. The number of nitrogens with two attached hydrogens (primary N) is 1. The second-order valence-electron chi connectivity index (χ2n) is 3.45. The molecule has 0 rings (SSSR count). The summed E-state index contributed by atoms with van der Waals surface area (Å²) < 4.78 is 20.3. The van der Waals surface area contributed by atoms with Gasteiger partial charge in [-0.3, -0.25) is 0 Å². The number of hydrogen-bond acceptors (Lipinski definition) is 2. The van der Waals surface area contributed by atoms with Crippen LogP contribution in [0.5, 0.6) is 0 Å². The number of rotatable bonds is 3. The Kier molecular flexibility index (Phi) is 9.09. The minimum atomic E-state index is -3.19. The molecule has 0 heterocycles. The molecule has 76 valence electrons. The van der Waals surface area contributed by atoms with E-state index in [9.17, 15) is 8.42 Å². The van der Waals surface area contributed by atoms with Crippen LogP contribution in [0.3, 0.4) is 0 Å². The Morgan fingerprint density at radius 3 is 1.67 bits per heavy atom. The Hall–Kier alpha value is -0.0900. The van der Waals surface area contributed by atoms with Gasteiger partial charge in [0.15, 0.2) is 0 Å². The van der Waals surface area contributed by atoms with Crippen LogP contribution in [0.2, 0.25) is 0 Å². The molecule has 0 aromatic carbocycles. The van der Waals surface area contributed by atoms with Crippen molar-refractivity contribution in [3.63, 3.8) is 0 Å². The van der Waals surface area contributed by atoms with E-state index in [1.807, 2.05) is 6.92 Å². The Morgan fingerprint density at radius 2 is 1.58 bits per heavy atom. The SMILES string of the molecule is CC(C)C.CCCCS(N)(=O)=O. The van der Waals surface area contributed by atoms with Crippen molar-refractivity contribution in [3.8, 4) is 0 Å². The number of unbranched alkanes of at least 4 members (excludes halogenated alkanes) is 1. The summed E-state index contributed by atoms with van der Waals surface area (Å²) in [6.45, 7) is 8.42. The molecular formula is C8H21NO2S. The van der Waals surface area contributed by atoms with Crippen LogP contribution in [0.15, 0.2) is 0 Å². The smallest absolute Gasteiger partial charge is 0.209 e. The maximum Gasteiger partial charge on any atom is 0.209 e. The van der Waals surface area contributed by atoms with Gasteiger partial charge in [-0.1, -0.05) is 34.1 Å². The lowest BCUT2D eigenvalue weighted by Crippen LogP contribution is -2.15. The van der Waals surface area contributed by atoms with Gasteiger partial charge in [-0.25, -0.2) is 13.6 Å². The summed E-state index contributed by atoms with van der Waals surface area (Å²) in [6.07, 6.45) is 1.54. The lowest BCUT2D eigenvalue weighted by molar-refractivity contribution is 0.594. The lowest BCUT2D eigenvalue weighted by Gasteiger charge is -1.91. The van der Waals surface area contributed by atoms with Crippen LogP contribution < -0.4 is 5.14 Å².